The van der Waals surface area contributed by atoms with Crippen LogP contribution in [0.25, 0.3) is 0 Å². The Balaban J connectivity index is 1.69. The zero-order chi connectivity index (χ0) is 15.5. The predicted molar refractivity (Wildman–Crippen MR) is 82.9 cm³/mol. The fourth-order valence-corrected chi connectivity index (χ4v) is 2.37. The average Bonchev–Trinajstić information content (AvgIpc) is 3.37. The summed E-state index contributed by atoms with van der Waals surface area (Å²) in [4.78, 5) is 21.1. The van der Waals surface area contributed by atoms with Crippen molar-refractivity contribution in [2.75, 3.05) is 7.11 Å². The first-order valence-electron chi connectivity index (χ1n) is 7.42. The van der Waals surface area contributed by atoms with Crippen LogP contribution in [0.5, 0.6) is 5.75 Å². The van der Waals surface area contributed by atoms with Crippen molar-refractivity contribution in [1.82, 2.24) is 15.3 Å². The Bertz CT molecular complexity index is 696. The molecule has 1 aromatic carbocycles. The quantitative estimate of drug-likeness (QED) is 0.921. The van der Waals surface area contributed by atoms with Gasteiger partial charge in [-0.15, -0.1) is 0 Å². The first-order valence-corrected chi connectivity index (χ1v) is 7.42. The van der Waals surface area contributed by atoms with Gasteiger partial charge in [-0.3, -0.25) is 4.79 Å². The molecule has 0 aliphatic heterocycles. The van der Waals surface area contributed by atoms with Gasteiger partial charge in [0.2, 0.25) is 0 Å². The molecule has 1 fully saturated rings. The second-order valence-corrected chi connectivity index (χ2v) is 5.50. The molecule has 0 bridgehead atoms. The molecule has 2 aromatic rings. The molecular formula is C17H19N3O2. The lowest BCUT2D eigenvalue weighted by atomic mass is 10.2. The molecule has 0 unspecified atom stereocenters. The lowest BCUT2D eigenvalue weighted by Gasteiger charge is -2.10. The Morgan fingerprint density at radius 1 is 1.36 bits per heavy atom. The Kier molecular flexibility index (Phi) is 4.04. The van der Waals surface area contributed by atoms with Crippen molar-refractivity contribution in [1.29, 1.82) is 0 Å². The van der Waals surface area contributed by atoms with Gasteiger partial charge in [-0.2, -0.15) is 0 Å². The number of carbonyl (C=O) groups excluding carboxylic acids is 1. The number of para-hydroxylation sites is 1. The van der Waals surface area contributed by atoms with E-state index < -0.39 is 0 Å². The molecule has 5 heteroatoms. The first-order chi connectivity index (χ1) is 10.7. The maximum absolute atomic E-state index is 12.3. The Morgan fingerprint density at radius 3 is 2.82 bits per heavy atom. The minimum absolute atomic E-state index is 0.161. The average molecular weight is 297 g/mol. The molecule has 0 atom stereocenters. The second-order valence-electron chi connectivity index (χ2n) is 5.50. The second kappa shape index (κ2) is 6.13. The number of hydrogen-bond donors (Lipinski definition) is 1. The molecular weight excluding hydrogens is 278 g/mol. The van der Waals surface area contributed by atoms with Crippen molar-refractivity contribution in [2.45, 2.75) is 32.2 Å². The maximum atomic E-state index is 12.3. The highest BCUT2D eigenvalue weighted by atomic mass is 16.5. The Hall–Kier alpha value is -2.43. The fourth-order valence-electron chi connectivity index (χ4n) is 2.37. The lowest BCUT2D eigenvalue weighted by Crippen LogP contribution is -2.24. The van der Waals surface area contributed by atoms with Gasteiger partial charge < -0.3 is 10.1 Å². The van der Waals surface area contributed by atoms with E-state index in [1.807, 2.05) is 31.2 Å². The number of hydrogen-bond acceptors (Lipinski definition) is 4. The standard InChI is InChI=1S/C17H19N3O2/c1-11-14(10-18-16(20-11)12-7-8-12)17(21)19-9-13-5-3-4-6-15(13)22-2/h3-6,10,12H,7-9H2,1-2H3,(H,19,21). The minimum Gasteiger partial charge on any atom is -0.496 e. The van der Waals surface area contributed by atoms with E-state index in [-0.39, 0.29) is 5.91 Å². The van der Waals surface area contributed by atoms with E-state index in [2.05, 4.69) is 15.3 Å². The molecule has 1 aliphatic rings. The molecule has 1 aliphatic carbocycles. The monoisotopic (exact) mass is 297 g/mol. The van der Waals surface area contributed by atoms with Crippen LogP contribution >= 0.6 is 0 Å². The van der Waals surface area contributed by atoms with Crippen LogP contribution in [0, 0.1) is 6.92 Å². The van der Waals surface area contributed by atoms with E-state index in [4.69, 9.17) is 4.74 Å². The summed E-state index contributed by atoms with van der Waals surface area (Å²) >= 11 is 0. The molecule has 1 aromatic heterocycles. The number of aromatic nitrogens is 2. The van der Waals surface area contributed by atoms with E-state index in [0.717, 1.165) is 35.7 Å². The molecule has 1 saturated carbocycles. The predicted octanol–water partition coefficient (Wildman–Crippen LogP) is 2.60. The van der Waals surface area contributed by atoms with Crippen molar-refractivity contribution in [3.05, 3.63) is 53.1 Å². The normalized spacial score (nSPS) is 13.7. The molecule has 1 amide bonds. The highest BCUT2D eigenvalue weighted by molar-refractivity contribution is 5.94. The van der Waals surface area contributed by atoms with Crippen LogP contribution in [-0.2, 0) is 6.54 Å². The largest absolute Gasteiger partial charge is 0.496 e. The van der Waals surface area contributed by atoms with Crippen LogP contribution in [0.3, 0.4) is 0 Å². The van der Waals surface area contributed by atoms with Crippen LogP contribution in [0.15, 0.2) is 30.5 Å². The third-order valence-corrected chi connectivity index (χ3v) is 3.82. The molecule has 0 spiro atoms. The summed E-state index contributed by atoms with van der Waals surface area (Å²) in [5, 5.41) is 2.90. The number of ether oxygens (including phenoxy) is 1. The number of benzene rings is 1. The number of amides is 1. The van der Waals surface area contributed by atoms with Crippen molar-refractivity contribution in [3.8, 4) is 5.75 Å². The summed E-state index contributed by atoms with van der Waals surface area (Å²) in [5.74, 6) is 1.95. The molecule has 114 valence electrons. The smallest absolute Gasteiger partial charge is 0.254 e. The van der Waals surface area contributed by atoms with Gasteiger partial charge in [0.05, 0.1) is 18.4 Å². The van der Waals surface area contributed by atoms with Crippen LogP contribution in [-0.4, -0.2) is 23.0 Å². The highest BCUT2D eigenvalue weighted by Crippen LogP contribution is 2.37. The minimum atomic E-state index is -0.161. The summed E-state index contributed by atoms with van der Waals surface area (Å²) in [5.41, 5.74) is 2.19. The third kappa shape index (κ3) is 3.08. The third-order valence-electron chi connectivity index (χ3n) is 3.82. The van der Waals surface area contributed by atoms with Gasteiger partial charge in [-0.1, -0.05) is 18.2 Å². The van der Waals surface area contributed by atoms with E-state index in [0.29, 0.717) is 18.0 Å². The van der Waals surface area contributed by atoms with Gasteiger partial charge in [0.1, 0.15) is 11.6 Å². The molecule has 22 heavy (non-hydrogen) atoms. The van der Waals surface area contributed by atoms with Gasteiger partial charge in [-0.25, -0.2) is 9.97 Å². The van der Waals surface area contributed by atoms with E-state index in [1.54, 1.807) is 13.3 Å². The van der Waals surface area contributed by atoms with E-state index >= 15 is 0 Å². The van der Waals surface area contributed by atoms with Crippen molar-refractivity contribution < 1.29 is 9.53 Å². The highest BCUT2D eigenvalue weighted by Gasteiger charge is 2.27. The van der Waals surface area contributed by atoms with Crippen molar-refractivity contribution >= 4 is 5.91 Å². The summed E-state index contributed by atoms with van der Waals surface area (Å²) in [6.07, 6.45) is 3.94. The van der Waals surface area contributed by atoms with Crippen LogP contribution < -0.4 is 10.1 Å². The number of aryl methyl sites for hydroxylation is 1. The molecule has 5 nitrogen and oxygen atoms in total. The molecule has 3 rings (SSSR count). The summed E-state index contributed by atoms with van der Waals surface area (Å²) in [6.45, 7) is 2.26. The van der Waals surface area contributed by atoms with Gasteiger partial charge in [0, 0.05) is 24.2 Å². The maximum Gasteiger partial charge on any atom is 0.254 e. The van der Waals surface area contributed by atoms with E-state index in [1.165, 1.54) is 0 Å². The number of methoxy groups -OCH3 is 1. The number of carbonyl (C=O) groups is 1. The zero-order valence-electron chi connectivity index (χ0n) is 12.8. The van der Waals surface area contributed by atoms with Gasteiger partial charge in [0.25, 0.3) is 5.91 Å². The Morgan fingerprint density at radius 2 is 2.14 bits per heavy atom. The topological polar surface area (TPSA) is 64.1 Å². The Labute approximate surface area is 129 Å². The lowest BCUT2D eigenvalue weighted by molar-refractivity contribution is 0.0949. The molecule has 1 heterocycles. The number of nitrogens with one attached hydrogen (secondary N) is 1. The number of rotatable bonds is 5. The molecule has 1 N–H and O–H groups in total. The van der Waals surface area contributed by atoms with Crippen LogP contribution in [0.2, 0.25) is 0 Å². The van der Waals surface area contributed by atoms with Gasteiger partial charge in [0.15, 0.2) is 0 Å². The molecule has 0 radical (unpaired) electrons. The summed E-state index contributed by atoms with van der Waals surface area (Å²) in [6, 6.07) is 7.63. The van der Waals surface area contributed by atoms with Crippen LogP contribution in [0.1, 0.15) is 46.2 Å². The first kappa shape index (κ1) is 14.5. The van der Waals surface area contributed by atoms with Gasteiger partial charge in [-0.05, 0) is 25.8 Å². The van der Waals surface area contributed by atoms with Crippen LogP contribution in [0.4, 0.5) is 0 Å². The fraction of sp³-hybridized carbons (Fsp3) is 0.353. The summed E-state index contributed by atoms with van der Waals surface area (Å²) < 4.78 is 5.28. The number of nitrogens with zero attached hydrogens (tertiary/aromatic N) is 2. The molecule has 0 saturated heterocycles. The van der Waals surface area contributed by atoms with E-state index in [9.17, 15) is 4.79 Å². The van der Waals surface area contributed by atoms with Crippen molar-refractivity contribution in [3.63, 3.8) is 0 Å². The summed E-state index contributed by atoms with van der Waals surface area (Å²) in [7, 11) is 1.62. The zero-order valence-corrected chi connectivity index (χ0v) is 12.8. The van der Waals surface area contributed by atoms with Crippen molar-refractivity contribution in [2.24, 2.45) is 0 Å². The SMILES string of the molecule is COc1ccccc1CNC(=O)c1cnc(C2CC2)nc1C. The van der Waals surface area contributed by atoms with Gasteiger partial charge >= 0.3 is 0 Å².